The Hall–Kier alpha value is -1.56. The quantitative estimate of drug-likeness (QED) is 0.863. The SMILES string of the molecule is CCNc1ncnc(NN2C(C)CCCC2C)c1OC. The monoisotopic (exact) mass is 279 g/mol. The van der Waals surface area contributed by atoms with Gasteiger partial charge >= 0.3 is 0 Å². The minimum Gasteiger partial charge on any atom is -0.490 e. The molecule has 112 valence electrons. The van der Waals surface area contributed by atoms with Gasteiger partial charge in [-0.3, -0.25) is 5.43 Å². The number of piperidine rings is 1. The van der Waals surface area contributed by atoms with Crippen LogP contribution in [0.5, 0.6) is 5.75 Å². The highest BCUT2D eigenvalue weighted by molar-refractivity contribution is 5.63. The first-order valence-electron chi connectivity index (χ1n) is 7.35. The van der Waals surface area contributed by atoms with Gasteiger partial charge in [0, 0.05) is 18.6 Å². The molecule has 6 heteroatoms. The molecule has 1 aliphatic heterocycles. The molecule has 0 bridgehead atoms. The highest BCUT2D eigenvalue weighted by Crippen LogP contribution is 2.31. The van der Waals surface area contributed by atoms with Gasteiger partial charge in [-0.2, -0.15) is 0 Å². The third kappa shape index (κ3) is 3.12. The highest BCUT2D eigenvalue weighted by atomic mass is 16.5. The number of anilines is 2. The average Bonchev–Trinajstić information content (AvgIpc) is 2.43. The van der Waals surface area contributed by atoms with Crippen LogP contribution >= 0.6 is 0 Å². The minimum atomic E-state index is 0.487. The lowest BCUT2D eigenvalue weighted by Crippen LogP contribution is -2.47. The van der Waals surface area contributed by atoms with Crippen LogP contribution in [0.4, 0.5) is 11.6 Å². The second-order valence-corrected chi connectivity index (χ2v) is 5.28. The van der Waals surface area contributed by atoms with E-state index in [0.717, 1.165) is 18.2 Å². The molecule has 2 unspecified atom stereocenters. The Kier molecular flexibility index (Phi) is 5.00. The van der Waals surface area contributed by atoms with Gasteiger partial charge in [0.15, 0.2) is 11.6 Å². The maximum absolute atomic E-state index is 5.46. The van der Waals surface area contributed by atoms with Crippen LogP contribution in [-0.2, 0) is 0 Å². The minimum absolute atomic E-state index is 0.487. The molecule has 0 saturated carbocycles. The molecule has 2 N–H and O–H groups in total. The van der Waals surface area contributed by atoms with Crippen molar-refractivity contribution in [3.05, 3.63) is 6.33 Å². The van der Waals surface area contributed by atoms with Gasteiger partial charge in [-0.25, -0.2) is 15.0 Å². The number of hydrazine groups is 1. The van der Waals surface area contributed by atoms with E-state index in [1.54, 1.807) is 13.4 Å². The van der Waals surface area contributed by atoms with Gasteiger partial charge in [0.2, 0.25) is 5.75 Å². The molecular weight excluding hydrogens is 254 g/mol. The first kappa shape index (κ1) is 14.8. The van der Waals surface area contributed by atoms with Gasteiger partial charge < -0.3 is 10.1 Å². The molecule has 1 fully saturated rings. The van der Waals surface area contributed by atoms with Crippen molar-refractivity contribution in [1.82, 2.24) is 15.0 Å². The van der Waals surface area contributed by atoms with E-state index in [-0.39, 0.29) is 0 Å². The number of nitrogens with one attached hydrogen (secondary N) is 2. The van der Waals surface area contributed by atoms with Gasteiger partial charge in [0.1, 0.15) is 6.33 Å². The zero-order valence-corrected chi connectivity index (χ0v) is 12.8. The lowest BCUT2D eigenvalue weighted by atomic mass is 10.00. The number of hydrogen-bond acceptors (Lipinski definition) is 6. The van der Waals surface area contributed by atoms with Crippen molar-refractivity contribution in [3.8, 4) is 5.75 Å². The van der Waals surface area contributed by atoms with E-state index in [4.69, 9.17) is 4.74 Å². The summed E-state index contributed by atoms with van der Waals surface area (Å²) < 4.78 is 5.46. The normalized spacial score (nSPS) is 23.4. The van der Waals surface area contributed by atoms with Gasteiger partial charge in [-0.1, -0.05) is 6.42 Å². The fourth-order valence-electron chi connectivity index (χ4n) is 2.70. The van der Waals surface area contributed by atoms with Gasteiger partial charge in [0.25, 0.3) is 0 Å². The average molecular weight is 279 g/mol. The molecule has 1 aromatic rings. The highest BCUT2D eigenvalue weighted by Gasteiger charge is 2.26. The Labute approximate surface area is 120 Å². The van der Waals surface area contributed by atoms with Crippen LogP contribution in [0, 0.1) is 0 Å². The summed E-state index contributed by atoms with van der Waals surface area (Å²) >= 11 is 0. The standard InChI is InChI=1S/C14H25N5O/c1-5-15-13-12(20-4)14(17-9-16-13)18-19-10(2)7-6-8-11(19)3/h9-11H,5-8H2,1-4H3,(H2,15,16,17,18). The molecule has 0 aliphatic carbocycles. The molecule has 0 spiro atoms. The van der Waals surface area contributed by atoms with E-state index in [9.17, 15) is 0 Å². The lowest BCUT2D eigenvalue weighted by Gasteiger charge is -2.39. The zero-order valence-electron chi connectivity index (χ0n) is 12.8. The van der Waals surface area contributed by atoms with Crippen LogP contribution < -0.4 is 15.5 Å². The Morgan fingerprint density at radius 3 is 2.50 bits per heavy atom. The largest absolute Gasteiger partial charge is 0.490 e. The number of hydrogen-bond donors (Lipinski definition) is 2. The summed E-state index contributed by atoms with van der Waals surface area (Å²) in [6.45, 7) is 7.30. The van der Waals surface area contributed by atoms with Crippen molar-refractivity contribution >= 4 is 11.6 Å². The maximum atomic E-state index is 5.46. The van der Waals surface area contributed by atoms with Gasteiger partial charge in [0.05, 0.1) is 7.11 Å². The number of rotatable bonds is 5. The molecule has 1 saturated heterocycles. The predicted molar refractivity (Wildman–Crippen MR) is 81.0 cm³/mol. The molecule has 0 radical (unpaired) electrons. The molecule has 2 heterocycles. The van der Waals surface area contributed by atoms with Crippen LogP contribution in [0.15, 0.2) is 6.33 Å². The van der Waals surface area contributed by atoms with Crippen LogP contribution in [0.1, 0.15) is 40.0 Å². The lowest BCUT2D eigenvalue weighted by molar-refractivity contribution is 0.134. The van der Waals surface area contributed by atoms with Crippen molar-refractivity contribution in [3.63, 3.8) is 0 Å². The van der Waals surface area contributed by atoms with Crippen LogP contribution in [0.2, 0.25) is 0 Å². The second-order valence-electron chi connectivity index (χ2n) is 5.28. The number of nitrogens with zero attached hydrogens (tertiary/aromatic N) is 3. The van der Waals surface area contributed by atoms with Gasteiger partial charge in [-0.15, -0.1) is 0 Å². The fourth-order valence-corrected chi connectivity index (χ4v) is 2.70. The van der Waals surface area contributed by atoms with Crippen LogP contribution in [-0.4, -0.2) is 40.7 Å². The van der Waals surface area contributed by atoms with E-state index in [1.165, 1.54) is 19.3 Å². The van der Waals surface area contributed by atoms with Crippen molar-refractivity contribution in [2.75, 3.05) is 24.4 Å². The first-order valence-corrected chi connectivity index (χ1v) is 7.35. The van der Waals surface area contributed by atoms with E-state index >= 15 is 0 Å². The topological polar surface area (TPSA) is 62.3 Å². The molecule has 20 heavy (non-hydrogen) atoms. The van der Waals surface area contributed by atoms with Crippen LogP contribution in [0.3, 0.4) is 0 Å². The summed E-state index contributed by atoms with van der Waals surface area (Å²) in [6, 6.07) is 0.974. The first-order chi connectivity index (χ1) is 9.67. The fraction of sp³-hybridized carbons (Fsp3) is 0.714. The van der Waals surface area contributed by atoms with Crippen molar-refractivity contribution in [2.24, 2.45) is 0 Å². The number of methoxy groups -OCH3 is 1. The zero-order chi connectivity index (χ0) is 14.5. The smallest absolute Gasteiger partial charge is 0.205 e. The Morgan fingerprint density at radius 1 is 1.25 bits per heavy atom. The van der Waals surface area contributed by atoms with Crippen LogP contribution in [0.25, 0.3) is 0 Å². The predicted octanol–water partition coefficient (Wildman–Crippen LogP) is 2.51. The molecule has 0 aromatic carbocycles. The molecule has 6 nitrogen and oxygen atoms in total. The van der Waals surface area contributed by atoms with Crippen molar-refractivity contribution in [2.45, 2.75) is 52.1 Å². The van der Waals surface area contributed by atoms with E-state index < -0.39 is 0 Å². The summed E-state index contributed by atoms with van der Waals surface area (Å²) in [5.41, 5.74) is 3.42. The molecular formula is C14H25N5O. The Morgan fingerprint density at radius 2 is 1.90 bits per heavy atom. The summed E-state index contributed by atoms with van der Waals surface area (Å²) in [6.07, 6.45) is 5.24. The summed E-state index contributed by atoms with van der Waals surface area (Å²) in [5.74, 6) is 2.11. The Bertz CT molecular complexity index is 430. The van der Waals surface area contributed by atoms with E-state index in [0.29, 0.717) is 17.8 Å². The summed E-state index contributed by atoms with van der Waals surface area (Å²) in [5, 5.41) is 5.46. The Balaban J connectivity index is 2.21. The summed E-state index contributed by atoms with van der Waals surface area (Å²) in [7, 11) is 1.65. The van der Waals surface area contributed by atoms with E-state index in [2.05, 4.69) is 39.6 Å². The molecule has 0 amide bonds. The van der Waals surface area contributed by atoms with Crippen molar-refractivity contribution < 1.29 is 4.74 Å². The summed E-state index contributed by atoms with van der Waals surface area (Å²) in [4.78, 5) is 8.55. The number of ether oxygens (including phenoxy) is 1. The number of aromatic nitrogens is 2. The molecule has 2 atom stereocenters. The van der Waals surface area contributed by atoms with Crippen molar-refractivity contribution in [1.29, 1.82) is 0 Å². The maximum Gasteiger partial charge on any atom is 0.205 e. The molecule has 2 rings (SSSR count). The molecule has 1 aromatic heterocycles. The third-order valence-electron chi connectivity index (χ3n) is 3.78. The van der Waals surface area contributed by atoms with E-state index in [1.807, 2.05) is 6.92 Å². The third-order valence-corrected chi connectivity index (χ3v) is 3.78. The second kappa shape index (κ2) is 6.74. The molecule has 1 aliphatic rings. The van der Waals surface area contributed by atoms with Gasteiger partial charge in [-0.05, 0) is 33.6 Å².